The molecule has 1 saturated heterocycles. The van der Waals surface area contributed by atoms with Gasteiger partial charge in [-0.15, -0.1) is 0 Å². The largest absolute Gasteiger partial charge is 0.473 e. The Hall–Kier alpha value is -4.66. The van der Waals surface area contributed by atoms with Crippen molar-refractivity contribution in [3.05, 3.63) is 119 Å². The number of fused-ring (bicyclic) bond motifs is 1. The number of hydrogen-bond donors (Lipinski definition) is 1. The first-order chi connectivity index (χ1) is 22.6. The standard InChI is InChI=1S/C38H38ClN3O5/c1-37(2,3)47-36(43)42-20-18-38(44,19-21-42)29-14-16-32-28(22-29)23-31(34(39)40-32)30-15-17-33(45-24-26-10-6-4-7-11-26)41-35(30)46-25-27-12-8-5-9-13-27/h4-17,22-23,44H,18-21,24-25H2,1-3H3. The molecule has 1 aliphatic rings. The predicted molar refractivity (Wildman–Crippen MR) is 182 cm³/mol. The summed E-state index contributed by atoms with van der Waals surface area (Å²) in [6.45, 7) is 6.98. The third-order valence-electron chi connectivity index (χ3n) is 8.12. The summed E-state index contributed by atoms with van der Waals surface area (Å²) in [6.07, 6.45) is 0.409. The lowest BCUT2D eigenvalue weighted by molar-refractivity contribution is -0.0355. The maximum Gasteiger partial charge on any atom is 0.410 e. The normalized spacial score (nSPS) is 14.5. The molecule has 0 spiro atoms. The molecule has 0 bridgehead atoms. The molecular formula is C38H38ClN3O5. The minimum Gasteiger partial charge on any atom is -0.473 e. The van der Waals surface area contributed by atoms with Crippen molar-refractivity contribution in [2.75, 3.05) is 13.1 Å². The average Bonchev–Trinajstić information content (AvgIpc) is 3.06. The molecule has 3 heterocycles. The Morgan fingerprint density at radius 1 is 0.830 bits per heavy atom. The van der Waals surface area contributed by atoms with E-state index in [0.29, 0.717) is 72.7 Å². The topological polar surface area (TPSA) is 94.0 Å². The van der Waals surface area contributed by atoms with Gasteiger partial charge in [-0.1, -0.05) is 78.3 Å². The zero-order valence-electron chi connectivity index (χ0n) is 26.8. The van der Waals surface area contributed by atoms with Gasteiger partial charge < -0.3 is 24.2 Å². The van der Waals surface area contributed by atoms with Gasteiger partial charge in [-0.05, 0) is 74.6 Å². The van der Waals surface area contributed by atoms with Crippen molar-refractivity contribution in [2.45, 2.75) is 58.0 Å². The van der Waals surface area contributed by atoms with Crippen molar-refractivity contribution in [1.29, 1.82) is 0 Å². The molecule has 6 rings (SSSR count). The first-order valence-corrected chi connectivity index (χ1v) is 16.1. The second-order valence-corrected chi connectivity index (χ2v) is 13.1. The van der Waals surface area contributed by atoms with Crippen LogP contribution < -0.4 is 9.47 Å². The smallest absolute Gasteiger partial charge is 0.410 e. The van der Waals surface area contributed by atoms with Crippen LogP contribution in [0.1, 0.15) is 50.3 Å². The van der Waals surface area contributed by atoms with Crippen LogP contribution in [-0.4, -0.2) is 44.8 Å². The van der Waals surface area contributed by atoms with Gasteiger partial charge in [0.25, 0.3) is 0 Å². The van der Waals surface area contributed by atoms with Crippen molar-refractivity contribution < 1.29 is 24.1 Å². The van der Waals surface area contributed by atoms with E-state index in [1.54, 1.807) is 11.0 Å². The summed E-state index contributed by atoms with van der Waals surface area (Å²) in [7, 11) is 0. The zero-order chi connectivity index (χ0) is 33.0. The summed E-state index contributed by atoms with van der Waals surface area (Å²) >= 11 is 6.79. The summed E-state index contributed by atoms with van der Waals surface area (Å²) in [6, 6.07) is 31.1. The molecule has 2 aromatic heterocycles. The van der Waals surface area contributed by atoms with Gasteiger partial charge in [0.2, 0.25) is 11.8 Å². The van der Waals surface area contributed by atoms with Crippen molar-refractivity contribution in [2.24, 2.45) is 0 Å². The first-order valence-electron chi connectivity index (χ1n) is 15.7. The number of nitrogens with zero attached hydrogens (tertiary/aromatic N) is 3. The Labute approximate surface area is 279 Å². The number of aromatic nitrogens is 2. The first kappa shape index (κ1) is 32.3. The van der Waals surface area contributed by atoms with Crippen molar-refractivity contribution in [3.8, 4) is 22.9 Å². The maximum atomic E-state index is 12.6. The summed E-state index contributed by atoms with van der Waals surface area (Å²) in [4.78, 5) is 23.7. The number of carbonyl (C=O) groups is 1. The summed E-state index contributed by atoms with van der Waals surface area (Å²) in [5.74, 6) is 0.791. The lowest BCUT2D eigenvalue weighted by Gasteiger charge is -2.39. The fourth-order valence-corrected chi connectivity index (χ4v) is 5.83. The molecule has 0 atom stereocenters. The van der Waals surface area contributed by atoms with Crippen molar-refractivity contribution >= 4 is 28.6 Å². The van der Waals surface area contributed by atoms with Crippen LogP contribution in [0.25, 0.3) is 22.0 Å². The minimum atomic E-state index is -1.10. The number of carbonyl (C=O) groups excluding carboxylic acids is 1. The highest BCUT2D eigenvalue weighted by Gasteiger charge is 2.37. The number of amides is 1. The van der Waals surface area contributed by atoms with Crippen LogP contribution >= 0.6 is 11.6 Å². The zero-order valence-corrected chi connectivity index (χ0v) is 27.5. The number of ether oxygens (including phenoxy) is 3. The molecule has 1 N–H and O–H groups in total. The van der Waals surface area contributed by atoms with Crippen molar-refractivity contribution in [3.63, 3.8) is 0 Å². The Bertz CT molecular complexity index is 1850. The van der Waals surface area contributed by atoms with E-state index in [9.17, 15) is 9.90 Å². The van der Waals surface area contributed by atoms with Crippen molar-refractivity contribution in [1.82, 2.24) is 14.9 Å². The Morgan fingerprint density at radius 3 is 2.11 bits per heavy atom. The quantitative estimate of drug-likeness (QED) is 0.169. The molecule has 1 aliphatic heterocycles. The average molecular weight is 652 g/mol. The molecule has 1 fully saturated rings. The maximum absolute atomic E-state index is 12.6. The molecule has 9 heteroatoms. The van der Waals surface area contributed by atoms with E-state index in [2.05, 4.69) is 4.98 Å². The molecule has 3 aromatic carbocycles. The molecule has 0 saturated carbocycles. The molecular weight excluding hydrogens is 614 g/mol. The van der Waals surface area contributed by atoms with Gasteiger partial charge >= 0.3 is 6.09 Å². The van der Waals surface area contributed by atoms with E-state index < -0.39 is 11.2 Å². The highest BCUT2D eigenvalue weighted by molar-refractivity contribution is 6.32. The monoisotopic (exact) mass is 651 g/mol. The second-order valence-electron chi connectivity index (χ2n) is 12.8. The fourth-order valence-electron chi connectivity index (χ4n) is 5.58. The number of likely N-dealkylation sites (tertiary alicyclic amines) is 1. The highest BCUT2D eigenvalue weighted by Crippen LogP contribution is 2.39. The van der Waals surface area contributed by atoms with Gasteiger partial charge in [-0.25, -0.2) is 9.78 Å². The molecule has 0 unspecified atom stereocenters. The van der Waals surface area contributed by atoms with Gasteiger partial charge in [0.05, 0.1) is 11.1 Å². The summed E-state index contributed by atoms with van der Waals surface area (Å²) in [5, 5.41) is 12.8. The molecule has 47 heavy (non-hydrogen) atoms. The van der Waals surface area contributed by atoms with Gasteiger partial charge in [0.15, 0.2) is 0 Å². The lowest BCUT2D eigenvalue weighted by atomic mass is 9.84. The number of benzene rings is 3. The van der Waals surface area contributed by atoms with Crippen LogP contribution in [0.15, 0.2) is 97.1 Å². The predicted octanol–water partition coefficient (Wildman–Crippen LogP) is 8.33. The number of pyridine rings is 2. The molecule has 0 aliphatic carbocycles. The molecule has 0 radical (unpaired) electrons. The molecule has 5 aromatic rings. The molecule has 8 nitrogen and oxygen atoms in total. The number of halogens is 1. The highest BCUT2D eigenvalue weighted by atomic mass is 35.5. The molecule has 242 valence electrons. The Kier molecular flexibility index (Phi) is 9.34. The SMILES string of the molecule is CC(C)(C)OC(=O)N1CCC(O)(c2ccc3nc(Cl)c(-c4ccc(OCc5ccccc5)nc4OCc4ccccc4)cc3c2)CC1. The van der Waals surface area contributed by atoms with E-state index in [1.807, 2.05) is 112 Å². The van der Waals surface area contributed by atoms with Crippen LogP contribution in [0.5, 0.6) is 11.8 Å². The van der Waals surface area contributed by atoms with E-state index in [4.69, 9.17) is 30.8 Å². The Morgan fingerprint density at radius 2 is 1.47 bits per heavy atom. The van der Waals surface area contributed by atoms with Crippen LogP contribution in [0.4, 0.5) is 4.79 Å². The van der Waals surface area contributed by atoms with Crippen LogP contribution in [0, 0.1) is 0 Å². The van der Waals surface area contributed by atoms with E-state index in [-0.39, 0.29) is 6.09 Å². The van der Waals surface area contributed by atoms with Gasteiger partial charge in [0.1, 0.15) is 24.0 Å². The number of piperidine rings is 1. The number of hydrogen-bond acceptors (Lipinski definition) is 7. The second kappa shape index (κ2) is 13.6. The lowest BCUT2D eigenvalue weighted by Crippen LogP contribution is -2.46. The number of rotatable bonds is 8. The van der Waals surface area contributed by atoms with Crippen LogP contribution in [0.3, 0.4) is 0 Å². The number of aliphatic hydroxyl groups is 1. The van der Waals surface area contributed by atoms with E-state index in [0.717, 1.165) is 22.1 Å². The van der Waals surface area contributed by atoms with Crippen LogP contribution in [-0.2, 0) is 23.6 Å². The third-order valence-corrected chi connectivity index (χ3v) is 8.41. The molecule has 1 amide bonds. The van der Waals surface area contributed by atoms with Gasteiger partial charge in [-0.3, -0.25) is 0 Å². The van der Waals surface area contributed by atoms with Gasteiger partial charge in [-0.2, -0.15) is 4.98 Å². The third kappa shape index (κ3) is 7.84. The summed E-state index contributed by atoms with van der Waals surface area (Å²) in [5.41, 5.74) is 3.11. The fraction of sp³-hybridized carbons (Fsp3) is 0.289. The summed E-state index contributed by atoms with van der Waals surface area (Å²) < 4.78 is 17.8. The van der Waals surface area contributed by atoms with E-state index >= 15 is 0 Å². The van der Waals surface area contributed by atoms with Gasteiger partial charge in [0, 0.05) is 35.7 Å². The van der Waals surface area contributed by atoms with E-state index in [1.165, 1.54) is 0 Å². The Balaban J connectivity index is 1.28. The minimum absolute atomic E-state index is 0.305. The van der Waals surface area contributed by atoms with Crippen LogP contribution in [0.2, 0.25) is 5.15 Å².